The number of aromatic nitrogens is 4. The normalized spacial score (nSPS) is 11.8. The van der Waals surface area contributed by atoms with Crippen molar-refractivity contribution in [3.8, 4) is 5.69 Å². The lowest BCUT2D eigenvalue weighted by atomic mass is 10.2. The maximum Gasteiger partial charge on any atom is 0.434 e. The zero-order valence-corrected chi connectivity index (χ0v) is 11.1. The summed E-state index contributed by atoms with van der Waals surface area (Å²) >= 11 is 0. The van der Waals surface area contributed by atoms with Crippen LogP contribution >= 0.6 is 0 Å². The monoisotopic (exact) mass is 324 g/mol. The molecular formula is C13H7F3N4O3. The minimum absolute atomic E-state index is 0.0606. The van der Waals surface area contributed by atoms with Crippen molar-refractivity contribution in [1.82, 2.24) is 19.7 Å². The molecule has 0 atom stereocenters. The highest BCUT2D eigenvalue weighted by Crippen LogP contribution is 2.34. The van der Waals surface area contributed by atoms with Crippen LogP contribution in [0.5, 0.6) is 0 Å². The van der Waals surface area contributed by atoms with Gasteiger partial charge >= 0.3 is 12.1 Å². The quantitative estimate of drug-likeness (QED) is 0.749. The summed E-state index contributed by atoms with van der Waals surface area (Å²) in [6.07, 6.45) is -0.796. The van der Waals surface area contributed by atoms with Crippen molar-refractivity contribution in [2.75, 3.05) is 0 Å². The number of hydrogen-bond donors (Lipinski definition) is 2. The van der Waals surface area contributed by atoms with E-state index in [0.717, 1.165) is 6.20 Å². The zero-order chi connectivity index (χ0) is 16.8. The highest BCUT2D eigenvalue weighted by molar-refractivity contribution is 5.91. The molecule has 7 nitrogen and oxygen atoms in total. The van der Waals surface area contributed by atoms with Crippen LogP contribution in [-0.2, 0) is 6.18 Å². The van der Waals surface area contributed by atoms with Gasteiger partial charge in [0.1, 0.15) is 5.56 Å². The number of halogens is 3. The van der Waals surface area contributed by atoms with Crippen molar-refractivity contribution < 1.29 is 23.1 Å². The molecule has 3 aromatic rings. The second-order valence-corrected chi connectivity index (χ2v) is 4.55. The van der Waals surface area contributed by atoms with Gasteiger partial charge in [0.15, 0.2) is 5.69 Å². The number of pyridine rings is 2. The molecule has 0 bridgehead atoms. The molecule has 0 aliphatic heterocycles. The summed E-state index contributed by atoms with van der Waals surface area (Å²) in [6.45, 7) is 0. The smallest absolute Gasteiger partial charge is 0.434 e. The van der Waals surface area contributed by atoms with Gasteiger partial charge in [0.2, 0.25) is 0 Å². The van der Waals surface area contributed by atoms with Crippen molar-refractivity contribution >= 4 is 16.7 Å². The number of hydrogen-bond acceptors (Lipinski definition) is 4. The van der Waals surface area contributed by atoms with Crippen LogP contribution in [0.25, 0.3) is 16.5 Å². The third kappa shape index (κ3) is 2.33. The molecule has 0 spiro atoms. The Balaban J connectivity index is 2.39. The molecule has 10 heteroatoms. The Morgan fingerprint density at radius 3 is 2.61 bits per heavy atom. The first-order valence-electron chi connectivity index (χ1n) is 6.15. The van der Waals surface area contributed by atoms with E-state index in [9.17, 15) is 22.8 Å². The second kappa shape index (κ2) is 4.93. The fraction of sp³-hybridized carbons (Fsp3) is 0.0769. The summed E-state index contributed by atoms with van der Waals surface area (Å²) in [5.41, 5.74) is -3.11. The van der Waals surface area contributed by atoms with E-state index in [4.69, 9.17) is 5.11 Å². The summed E-state index contributed by atoms with van der Waals surface area (Å²) < 4.78 is 40.2. The lowest BCUT2D eigenvalue weighted by Gasteiger charge is -2.12. The Hall–Kier alpha value is -3.17. The van der Waals surface area contributed by atoms with Crippen LogP contribution < -0.4 is 5.56 Å². The number of rotatable bonds is 2. The predicted molar refractivity (Wildman–Crippen MR) is 71.4 cm³/mol. The third-order valence-electron chi connectivity index (χ3n) is 3.17. The zero-order valence-electron chi connectivity index (χ0n) is 11.1. The highest BCUT2D eigenvalue weighted by Gasteiger charge is 2.41. The first kappa shape index (κ1) is 14.8. The van der Waals surface area contributed by atoms with Gasteiger partial charge in [-0.1, -0.05) is 0 Å². The molecule has 3 heterocycles. The fourth-order valence-corrected chi connectivity index (χ4v) is 2.22. The Kier molecular flexibility index (Phi) is 3.17. The van der Waals surface area contributed by atoms with Crippen molar-refractivity contribution in [3.63, 3.8) is 0 Å². The van der Waals surface area contributed by atoms with E-state index >= 15 is 0 Å². The van der Waals surface area contributed by atoms with Crippen molar-refractivity contribution in [3.05, 3.63) is 52.5 Å². The van der Waals surface area contributed by atoms with E-state index in [0.29, 0.717) is 10.9 Å². The minimum Gasteiger partial charge on any atom is -0.478 e. The lowest BCUT2D eigenvalue weighted by molar-refractivity contribution is -0.143. The molecule has 0 aliphatic carbocycles. The number of carbonyl (C=O) groups is 1. The molecule has 0 saturated carbocycles. The van der Waals surface area contributed by atoms with Gasteiger partial charge in [0.05, 0.1) is 23.5 Å². The molecule has 0 saturated heterocycles. The van der Waals surface area contributed by atoms with Crippen LogP contribution in [0, 0.1) is 0 Å². The largest absolute Gasteiger partial charge is 0.478 e. The van der Waals surface area contributed by atoms with Gasteiger partial charge in [-0.3, -0.25) is 9.78 Å². The number of carboxylic acids is 1. The number of nitrogens with zero attached hydrogens (tertiary/aromatic N) is 3. The topological polar surface area (TPSA) is 101 Å². The summed E-state index contributed by atoms with van der Waals surface area (Å²) in [5, 5.41) is 12.7. The SMILES string of the molecule is O=C(O)c1cnn(-c2cncc3c(=O)[nH]ccc23)c1C(F)(F)F. The lowest BCUT2D eigenvalue weighted by Crippen LogP contribution is -2.18. The molecule has 0 aromatic carbocycles. The maximum atomic E-state index is 13.3. The predicted octanol–water partition coefficient (Wildman–Crippen LogP) is 1.83. The number of aromatic carboxylic acids is 1. The molecule has 0 amide bonds. The molecule has 0 fully saturated rings. The second-order valence-electron chi connectivity index (χ2n) is 4.55. The summed E-state index contributed by atoms with van der Waals surface area (Å²) in [4.78, 5) is 28.8. The van der Waals surface area contributed by atoms with Crippen molar-refractivity contribution in [2.24, 2.45) is 0 Å². The van der Waals surface area contributed by atoms with E-state index in [1.54, 1.807) is 0 Å². The standard InChI is InChI=1S/C13H7F3N4O3/c14-13(15,16)10-8(12(22)23)4-19-20(10)9-5-17-3-7-6(9)1-2-18-11(7)21/h1-5H,(H,18,21)(H,22,23). The number of H-pyrrole nitrogens is 1. The first-order valence-corrected chi connectivity index (χ1v) is 6.15. The van der Waals surface area contributed by atoms with Gasteiger partial charge in [-0.2, -0.15) is 18.3 Å². The van der Waals surface area contributed by atoms with Crippen LogP contribution in [0.3, 0.4) is 0 Å². The van der Waals surface area contributed by atoms with E-state index in [-0.39, 0.29) is 16.5 Å². The molecule has 23 heavy (non-hydrogen) atoms. The summed E-state index contributed by atoms with van der Waals surface area (Å²) in [5.74, 6) is -1.75. The average molecular weight is 324 g/mol. The Morgan fingerprint density at radius 1 is 1.22 bits per heavy atom. The number of carboxylic acid groups (broad SMARTS) is 1. The van der Waals surface area contributed by atoms with E-state index in [2.05, 4.69) is 15.1 Å². The fourth-order valence-electron chi connectivity index (χ4n) is 2.22. The Morgan fingerprint density at radius 2 is 1.96 bits per heavy atom. The Bertz CT molecular complexity index is 974. The molecule has 0 aliphatic rings. The van der Waals surface area contributed by atoms with Crippen molar-refractivity contribution in [2.45, 2.75) is 6.18 Å². The minimum atomic E-state index is -4.95. The van der Waals surface area contributed by atoms with Crippen molar-refractivity contribution in [1.29, 1.82) is 0 Å². The number of alkyl halides is 3. The van der Waals surface area contributed by atoms with E-state index in [1.165, 1.54) is 18.5 Å². The van der Waals surface area contributed by atoms with Gasteiger partial charge in [-0.05, 0) is 6.07 Å². The van der Waals surface area contributed by atoms with Crippen LogP contribution in [0.15, 0.2) is 35.6 Å². The number of fused-ring (bicyclic) bond motifs is 1. The molecule has 2 N–H and O–H groups in total. The van der Waals surface area contributed by atoms with Crippen LogP contribution in [0.1, 0.15) is 16.1 Å². The maximum absolute atomic E-state index is 13.3. The summed E-state index contributed by atoms with van der Waals surface area (Å²) in [7, 11) is 0. The summed E-state index contributed by atoms with van der Waals surface area (Å²) in [6, 6.07) is 1.38. The Labute approximate surface area is 125 Å². The molecular weight excluding hydrogens is 317 g/mol. The molecule has 3 aromatic heterocycles. The van der Waals surface area contributed by atoms with Gasteiger partial charge in [-0.25, -0.2) is 9.48 Å². The molecule has 3 rings (SSSR count). The van der Waals surface area contributed by atoms with Gasteiger partial charge in [0, 0.05) is 17.8 Å². The van der Waals surface area contributed by atoms with E-state index in [1.807, 2.05) is 0 Å². The highest BCUT2D eigenvalue weighted by atomic mass is 19.4. The van der Waals surface area contributed by atoms with Gasteiger partial charge in [0.25, 0.3) is 5.56 Å². The number of aromatic amines is 1. The molecule has 0 unspecified atom stereocenters. The third-order valence-corrected chi connectivity index (χ3v) is 3.17. The van der Waals surface area contributed by atoms with Gasteiger partial charge < -0.3 is 10.1 Å². The number of nitrogens with one attached hydrogen (secondary N) is 1. The molecule has 118 valence electrons. The van der Waals surface area contributed by atoms with Gasteiger partial charge in [-0.15, -0.1) is 0 Å². The average Bonchev–Trinajstić information content (AvgIpc) is 2.92. The first-order chi connectivity index (χ1) is 10.8. The van der Waals surface area contributed by atoms with Crippen LogP contribution in [0.2, 0.25) is 0 Å². The van der Waals surface area contributed by atoms with Crippen LogP contribution in [0.4, 0.5) is 13.2 Å². The van der Waals surface area contributed by atoms with E-state index < -0.39 is 29.0 Å². The molecule has 0 radical (unpaired) electrons. The van der Waals surface area contributed by atoms with Crippen LogP contribution in [-0.4, -0.2) is 30.8 Å².